The van der Waals surface area contributed by atoms with Gasteiger partial charge in [0.15, 0.2) is 18.5 Å². The molecule has 11 nitrogen and oxygen atoms in total. The van der Waals surface area contributed by atoms with E-state index in [0.29, 0.717) is 0 Å². The summed E-state index contributed by atoms with van der Waals surface area (Å²) in [7, 11) is 1.27. The van der Waals surface area contributed by atoms with E-state index < -0.39 is 60.4 Å². The van der Waals surface area contributed by atoms with Gasteiger partial charge in [0, 0.05) is 39.0 Å². The van der Waals surface area contributed by atoms with Crippen LogP contribution in [0.3, 0.4) is 0 Å². The molecule has 0 aliphatic carbocycles. The number of ether oxygens (including phenoxy) is 5. The monoisotopic (exact) mass is 427 g/mol. The normalized spacial score (nSPS) is 29.1. The molecule has 1 saturated heterocycles. The first kappa shape index (κ1) is 23.5. The molecule has 11 heteroatoms. The van der Waals surface area contributed by atoms with Crippen molar-refractivity contribution in [1.29, 1.82) is 0 Å². The van der Waals surface area contributed by atoms with Crippen LogP contribution in [0.25, 0.3) is 0 Å². The minimum absolute atomic E-state index is 0.225. The fourth-order valence-corrected chi connectivity index (χ4v) is 3.40. The van der Waals surface area contributed by atoms with E-state index >= 15 is 0 Å². The van der Waals surface area contributed by atoms with Crippen molar-refractivity contribution in [3.8, 4) is 0 Å². The Labute approximate surface area is 173 Å². The molecule has 5 atom stereocenters. The zero-order valence-electron chi connectivity index (χ0n) is 17.6. The number of carbonyl (C=O) groups is 5. The Morgan fingerprint density at radius 3 is 1.83 bits per heavy atom. The second-order valence-electron chi connectivity index (χ2n) is 6.95. The quantitative estimate of drug-likeness (QED) is 0.320. The number of carbonyl (C=O) groups excluding carboxylic acids is 5. The van der Waals surface area contributed by atoms with Gasteiger partial charge in [0.1, 0.15) is 18.8 Å². The first-order valence-electron chi connectivity index (χ1n) is 9.21. The molecule has 2 rings (SSSR count). The van der Waals surface area contributed by atoms with Gasteiger partial charge in [-0.2, -0.15) is 0 Å². The maximum Gasteiger partial charge on any atom is 0.303 e. The molecule has 0 aromatic rings. The maximum atomic E-state index is 12.8. The van der Waals surface area contributed by atoms with Gasteiger partial charge in [-0.25, -0.2) is 0 Å². The highest BCUT2D eigenvalue weighted by Crippen LogP contribution is 2.34. The number of rotatable bonds is 6. The van der Waals surface area contributed by atoms with Gasteiger partial charge in [-0.15, -0.1) is 0 Å². The standard InChI is InChI=1S/C19H25NO10/c1-8-9(2)18(25)20(17(8)24)14-16(29-12(5)23)15(28-11(4)22)13(7-27-10(3)21)30-19(14)26-6/h13-16,19H,7H2,1-6H3/t13-,14-,15-,16-,19-/m1/s1. The number of amides is 2. The molecule has 1 fully saturated rings. The van der Waals surface area contributed by atoms with E-state index in [1.54, 1.807) is 0 Å². The van der Waals surface area contributed by atoms with Crippen LogP contribution in [-0.2, 0) is 47.7 Å². The lowest BCUT2D eigenvalue weighted by Gasteiger charge is -2.46. The molecule has 2 amide bonds. The van der Waals surface area contributed by atoms with E-state index in [0.717, 1.165) is 18.7 Å². The Morgan fingerprint density at radius 1 is 0.900 bits per heavy atom. The van der Waals surface area contributed by atoms with E-state index in [1.807, 2.05) is 0 Å². The van der Waals surface area contributed by atoms with Crippen LogP contribution in [0.2, 0.25) is 0 Å². The second-order valence-corrected chi connectivity index (χ2v) is 6.95. The van der Waals surface area contributed by atoms with Crippen molar-refractivity contribution in [3.63, 3.8) is 0 Å². The van der Waals surface area contributed by atoms with E-state index in [2.05, 4.69) is 0 Å². The molecular formula is C19H25NO10. The smallest absolute Gasteiger partial charge is 0.303 e. The lowest BCUT2D eigenvalue weighted by atomic mass is 9.94. The third-order valence-corrected chi connectivity index (χ3v) is 4.84. The molecular weight excluding hydrogens is 402 g/mol. The van der Waals surface area contributed by atoms with Gasteiger partial charge in [-0.05, 0) is 13.8 Å². The fourth-order valence-electron chi connectivity index (χ4n) is 3.40. The van der Waals surface area contributed by atoms with Crippen LogP contribution in [0.1, 0.15) is 34.6 Å². The van der Waals surface area contributed by atoms with Crippen molar-refractivity contribution < 1.29 is 47.7 Å². The van der Waals surface area contributed by atoms with E-state index in [9.17, 15) is 24.0 Å². The summed E-state index contributed by atoms with van der Waals surface area (Å²) in [5, 5.41) is 0. The van der Waals surface area contributed by atoms with Crippen LogP contribution in [0.15, 0.2) is 11.1 Å². The molecule has 0 radical (unpaired) electrons. The summed E-state index contributed by atoms with van der Waals surface area (Å²) in [5.41, 5.74) is 0.449. The largest absolute Gasteiger partial charge is 0.463 e. The van der Waals surface area contributed by atoms with Crippen molar-refractivity contribution >= 4 is 29.7 Å². The Bertz CT molecular complexity index is 764. The van der Waals surface area contributed by atoms with Gasteiger partial charge in [0.05, 0.1) is 0 Å². The average molecular weight is 427 g/mol. The highest BCUT2D eigenvalue weighted by Gasteiger charge is 2.56. The number of imide groups is 1. The number of methoxy groups -OCH3 is 1. The van der Waals surface area contributed by atoms with Gasteiger partial charge in [0.25, 0.3) is 11.8 Å². The molecule has 0 aromatic heterocycles. The molecule has 166 valence electrons. The van der Waals surface area contributed by atoms with Crippen LogP contribution < -0.4 is 0 Å². The molecule has 0 spiro atoms. The minimum Gasteiger partial charge on any atom is -0.463 e. The molecule has 30 heavy (non-hydrogen) atoms. The van der Waals surface area contributed by atoms with Crippen LogP contribution in [-0.4, -0.2) is 79.0 Å². The first-order valence-corrected chi connectivity index (χ1v) is 9.21. The van der Waals surface area contributed by atoms with Crippen LogP contribution >= 0.6 is 0 Å². The van der Waals surface area contributed by atoms with Crippen molar-refractivity contribution in [2.75, 3.05) is 13.7 Å². The zero-order chi connectivity index (χ0) is 22.7. The number of hydrogen-bond donors (Lipinski definition) is 0. The number of esters is 3. The summed E-state index contributed by atoms with van der Waals surface area (Å²) >= 11 is 0. The topological polar surface area (TPSA) is 135 Å². The van der Waals surface area contributed by atoms with Gasteiger partial charge < -0.3 is 23.7 Å². The predicted octanol–water partition coefficient (Wildman–Crippen LogP) is -0.142. The molecule has 0 unspecified atom stereocenters. The Kier molecular flexibility index (Phi) is 7.32. The predicted molar refractivity (Wildman–Crippen MR) is 97.4 cm³/mol. The SMILES string of the molecule is CO[C@@H]1O[C@H](COC(C)=O)[C@@H](OC(C)=O)[C@H](OC(C)=O)[C@H]1N1C(=O)C(C)=C(C)C1=O. The molecule has 2 aliphatic rings. The lowest BCUT2D eigenvalue weighted by molar-refractivity contribution is -0.282. The molecule has 0 saturated carbocycles. The summed E-state index contributed by atoms with van der Waals surface area (Å²) in [6.45, 7) is 6.10. The second kappa shape index (κ2) is 9.35. The minimum atomic E-state index is -1.32. The maximum absolute atomic E-state index is 12.8. The number of nitrogens with zero attached hydrogens (tertiary/aromatic N) is 1. The highest BCUT2D eigenvalue weighted by molar-refractivity contribution is 6.19. The van der Waals surface area contributed by atoms with Crippen molar-refractivity contribution in [2.24, 2.45) is 0 Å². The summed E-state index contributed by atoms with van der Waals surface area (Å²) in [5.74, 6) is -3.30. The van der Waals surface area contributed by atoms with Crippen molar-refractivity contribution in [1.82, 2.24) is 4.90 Å². The van der Waals surface area contributed by atoms with E-state index in [4.69, 9.17) is 23.7 Å². The first-order chi connectivity index (χ1) is 14.0. The Morgan fingerprint density at radius 2 is 1.40 bits per heavy atom. The van der Waals surface area contributed by atoms with Crippen LogP contribution in [0, 0.1) is 0 Å². The zero-order valence-corrected chi connectivity index (χ0v) is 17.6. The summed E-state index contributed by atoms with van der Waals surface area (Å²) < 4.78 is 26.8. The molecule has 2 aliphatic heterocycles. The number of hydrogen-bond acceptors (Lipinski definition) is 10. The van der Waals surface area contributed by atoms with Gasteiger partial charge >= 0.3 is 17.9 Å². The third kappa shape index (κ3) is 4.68. The fraction of sp³-hybridized carbons (Fsp3) is 0.632. The van der Waals surface area contributed by atoms with E-state index in [-0.39, 0.29) is 17.8 Å². The Balaban J connectivity index is 2.51. The summed E-state index contributed by atoms with van der Waals surface area (Å²) in [6.07, 6.45) is -4.92. The van der Waals surface area contributed by atoms with Crippen molar-refractivity contribution in [3.05, 3.63) is 11.1 Å². The molecule has 0 aromatic carbocycles. The Hall–Kier alpha value is -2.79. The molecule has 2 heterocycles. The average Bonchev–Trinajstić information content (AvgIpc) is 2.84. The van der Waals surface area contributed by atoms with Crippen LogP contribution in [0.4, 0.5) is 0 Å². The lowest BCUT2D eigenvalue weighted by Crippen LogP contribution is -2.67. The van der Waals surface area contributed by atoms with Crippen molar-refractivity contribution in [2.45, 2.75) is 65.3 Å². The molecule has 0 bridgehead atoms. The van der Waals surface area contributed by atoms with E-state index in [1.165, 1.54) is 27.9 Å². The third-order valence-electron chi connectivity index (χ3n) is 4.84. The summed E-state index contributed by atoms with van der Waals surface area (Å²) in [4.78, 5) is 61.2. The summed E-state index contributed by atoms with van der Waals surface area (Å²) in [6, 6.07) is -1.25. The van der Waals surface area contributed by atoms with Gasteiger partial charge in [-0.1, -0.05) is 0 Å². The molecule has 0 N–H and O–H groups in total. The highest BCUT2D eigenvalue weighted by atomic mass is 16.7. The van der Waals surface area contributed by atoms with Crippen LogP contribution in [0.5, 0.6) is 0 Å². The van der Waals surface area contributed by atoms with Gasteiger partial charge in [0.2, 0.25) is 0 Å². The van der Waals surface area contributed by atoms with Gasteiger partial charge in [-0.3, -0.25) is 28.9 Å².